The van der Waals surface area contributed by atoms with Crippen LogP contribution in [0.15, 0.2) is 27.9 Å². The normalized spacial score (nSPS) is 11.1. The zero-order valence-corrected chi connectivity index (χ0v) is 13.1. The highest BCUT2D eigenvalue weighted by Crippen LogP contribution is 2.30. The van der Waals surface area contributed by atoms with E-state index in [1.165, 1.54) is 4.70 Å². The molecular formula is C13H13N3S3. The van der Waals surface area contributed by atoms with Crippen molar-refractivity contribution in [2.75, 3.05) is 11.6 Å². The van der Waals surface area contributed by atoms with E-state index < -0.39 is 0 Å². The van der Waals surface area contributed by atoms with Gasteiger partial charge in [-0.2, -0.15) is 0 Å². The van der Waals surface area contributed by atoms with E-state index in [9.17, 15) is 0 Å². The van der Waals surface area contributed by atoms with Gasteiger partial charge in [0.05, 0.1) is 27.5 Å². The Morgan fingerprint density at radius 1 is 1.32 bits per heavy atom. The maximum Gasteiger partial charge on any atom is 0.150 e. The lowest BCUT2D eigenvalue weighted by atomic mass is 10.3. The molecule has 3 rings (SSSR count). The highest BCUT2D eigenvalue weighted by molar-refractivity contribution is 8.00. The molecule has 19 heavy (non-hydrogen) atoms. The second-order valence-corrected chi connectivity index (χ2v) is 7.22. The Morgan fingerprint density at radius 2 is 2.21 bits per heavy atom. The topological polar surface area (TPSA) is 37.8 Å². The average Bonchev–Trinajstić information content (AvgIpc) is 3.01. The summed E-state index contributed by atoms with van der Waals surface area (Å²) in [5, 5.41) is 6.62. The number of anilines is 1. The molecule has 2 aromatic heterocycles. The summed E-state index contributed by atoms with van der Waals surface area (Å²) in [6.45, 7) is 2.80. The first kappa shape index (κ1) is 12.9. The third kappa shape index (κ3) is 2.91. The van der Waals surface area contributed by atoms with Crippen LogP contribution in [0.2, 0.25) is 0 Å². The van der Waals surface area contributed by atoms with E-state index in [1.807, 2.05) is 6.92 Å². The Kier molecular flexibility index (Phi) is 3.72. The van der Waals surface area contributed by atoms with Gasteiger partial charge in [0, 0.05) is 11.1 Å². The summed E-state index contributed by atoms with van der Waals surface area (Å²) in [7, 11) is 0. The quantitative estimate of drug-likeness (QED) is 0.725. The number of rotatable bonds is 4. The van der Waals surface area contributed by atoms with Crippen LogP contribution in [-0.4, -0.2) is 16.2 Å². The van der Waals surface area contributed by atoms with Crippen molar-refractivity contribution in [2.45, 2.75) is 17.8 Å². The van der Waals surface area contributed by atoms with E-state index in [0.717, 1.165) is 32.8 Å². The number of fused-ring (bicyclic) bond motifs is 1. The molecule has 3 nitrogen and oxygen atoms in total. The predicted molar refractivity (Wildman–Crippen MR) is 85.6 cm³/mol. The molecule has 0 aliphatic rings. The first-order valence-electron chi connectivity index (χ1n) is 5.84. The molecule has 0 aliphatic carbocycles. The van der Waals surface area contributed by atoms with Gasteiger partial charge in [-0.15, -0.1) is 22.7 Å². The summed E-state index contributed by atoms with van der Waals surface area (Å²) in [5.41, 5.74) is 3.29. The van der Waals surface area contributed by atoms with Crippen LogP contribution >= 0.6 is 34.4 Å². The van der Waals surface area contributed by atoms with Crippen molar-refractivity contribution in [2.24, 2.45) is 0 Å². The van der Waals surface area contributed by atoms with Crippen molar-refractivity contribution in [3.05, 3.63) is 34.3 Å². The minimum atomic E-state index is 0.768. The summed E-state index contributed by atoms with van der Waals surface area (Å²) in [6, 6.07) is 6.30. The number of nitrogens with one attached hydrogen (secondary N) is 1. The van der Waals surface area contributed by atoms with E-state index in [-0.39, 0.29) is 0 Å². The lowest BCUT2D eigenvalue weighted by molar-refractivity contribution is 1.06. The molecule has 0 saturated carbocycles. The molecule has 6 heteroatoms. The van der Waals surface area contributed by atoms with Gasteiger partial charge in [-0.3, -0.25) is 0 Å². The van der Waals surface area contributed by atoms with Crippen LogP contribution in [0, 0.1) is 6.92 Å². The van der Waals surface area contributed by atoms with Gasteiger partial charge in [-0.05, 0) is 31.4 Å². The predicted octanol–water partition coefficient (Wildman–Crippen LogP) is 4.40. The second kappa shape index (κ2) is 5.48. The smallest absolute Gasteiger partial charge is 0.150 e. The van der Waals surface area contributed by atoms with Crippen LogP contribution in [0.4, 0.5) is 5.69 Å². The molecule has 1 aromatic carbocycles. The fourth-order valence-electron chi connectivity index (χ4n) is 1.78. The van der Waals surface area contributed by atoms with E-state index >= 15 is 0 Å². The van der Waals surface area contributed by atoms with Gasteiger partial charge in [0.15, 0.2) is 4.34 Å². The van der Waals surface area contributed by atoms with Gasteiger partial charge in [-0.1, -0.05) is 11.8 Å². The molecule has 0 spiro atoms. The second-order valence-electron chi connectivity index (χ2n) is 4.08. The van der Waals surface area contributed by atoms with E-state index in [0.29, 0.717) is 0 Å². The third-order valence-corrected chi connectivity index (χ3v) is 5.51. The minimum Gasteiger partial charge on any atom is -0.379 e. The van der Waals surface area contributed by atoms with Crippen molar-refractivity contribution in [3.8, 4) is 0 Å². The Morgan fingerprint density at radius 3 is 2.95 bits per heavy atom. The van der Waals surface area contributed by atoms with Crippen molar-refractivity contribution >= 4 is 50.3 Å². The highest BCUT2D eigenvalue weighted by Gasteiger charge is 2.04. The zero-order valence-electron chi connectivity index (χ0n) is 10.6. The number of benzene rings is 1. The number of thioether (sulfide) groups is 1. The van der Waals surface area contributed by atoms with Gasteiger partial charge in [0.25, 0.3) is 0 Å². The number of hydrogen-bond donors (Lipinski definition) is 1. The Bertz CT molecular complexity index is 702. The molecule has 1 N–H and O–H groups in total. The Labute approximate surface area is 124 Å². The van der Waals surface area contributed by atoms with Crippen molar-refractivity contribution in [1.82, 2.24) is 9.97 Å². The summed E-state index contributed by atoms with van der Waals surface area (Å²) < 4.78 is 2.34. The number of nitrogens with zero attached hydrogens (tertiary/aromatic N) is 2. The van der Waals surface area contributed by atoms with E-state index in [2.05, 4.69) is 45.1 Å². The maximum absolute atomic E-state index is 4.54. The minimum absolute atomic E-state index is 0.768. The molecule has 0 amide bonds. The molecule has 2 heterocycles. The maximum atomic E-state index is 4.54. The van der Waals surface area contributed by atoms with Crippen LogP contribution in [0.5, 0.6) is 0 Å². The Balaban J connectivity index is 1.77. The van der Waals surface area contributed by atoms with Crippen molar-refractivity contribution in [1.29, 1.82) is 0 Å². The SMILES string of the molecule is CSc1nc2ccc(NCc3csc(C)n3)cc2s1. The van der Waals surface area contributed by atoms with Crippen LogP contribution in [0.25, 0.3) is 10.2 Å². The summed E-state index contributed by atoms with van der Waals surface area (Å²) in [4.78, 5) is 8.99. The molecule has 0 saturated heterocycles. The molecule has 0 atom stereocenters. The molecule has 98 valence electrons. The van der Waals surface area contributed by atoms with E-state index in [1.54, 1.807) is 34.4 Å². The monoisotopic (exact) mass is 307 g/mol. The van der Waals surface area contributed by atoms with Crippen molar-refractivity contribution in [3.63, 3.8) is 0 Å². The average molecular weight is 307 g/mol. The molecule has 0 bridgehead atoms. The fourth-order valence-corrected chi connectivity index (χ4v) is 3.92. The van der Waals surface area contributed by atoms with Crippen LogP contribution in [0.3, 0.4) is 0 Å². The van der Waals surface area contributed by atoms with Crippen LogP contribution < -0.4 is 5.32 Å². The number of thiazole rings is 2. The molecular weight excluding hydrogens is 294 g/mol. The van der Waals surface area contributed by atoms with Gasteiger partial charge >= 0.3 is 0 Å². The van der Waals surface area contributed by atoms with Crippen molar-refractivity contribution < 1.29 is 0 Å². The highest BCUT2D eigenvalue weighted by atomic mass is 32.2. The summed E-state index contributed by atoms with van der Waals surface area (Å²) >= 11 is 5.11. The molecule has 0 radical (unpaired) electrons. The van der Waals surface area contributed by atoms with Crippen LogP contribution in [-0.2, 0) is 6.54 Å². The van der Waals surface area contributed by atoms with Gasteiger partial charge in [-0.25, -0.2) is 9.97 Å². The molecule has 0 fully saturated rings. The first-order valence-corrected chi connectivity index (χ1v) is 8.76. The Hall–Kier alpha value is -1.11. The van der Waals surface area contributed by atoms with Gasteiger partial charge < -0.3 is 5.32 Å². The van der Waals surface area contributed by atoms with Crippen LogP contribution in [0.1, 0.15) is 10.7 Å². The lowest BCUT2D eigenvalue weighted by Crippen LogP contribution is -1.99. The van der Waals surface area contributed by atoms with Gasteiger partial charge in [0.1, 0.15) is 0 Å². The third-order valence-electron chi connectivity index (χ3n) is 2.68. The standard InChI is InChI=1S/C13H13N3S3/c1-8-15-10(7-18-8)6-14-9-3-4-11-12(5-9)19-13(16-11)17-2/h3-5,7,14H,6H2,1-2H3. The molecule has 0 unspecified atom stereocenters. The van der Waals surface area contributed by atoms with Gasteiger partial charge in [0.2, 0.25) is 0 Å². The number of aryl methyl sites for hydroxylation is 1. The number of aromatic nitrogens is 2. The first-order chi connectivity index (χ1) is 9.24. The lowest BCUT2D eigenvalue weighted by Gasteiger charge is -2.03. The summed E-state index contributed by atoms with van der Waals surface area (Å²) in [6.07, 6.45) is 2.06. The molecule has 3 aromatic rings. The number of hydrogen-bond acceptors (Lipinski definition) is 6. The summed E-state index contributed by atoms with van der Waals surface area (Å²) in [5.74, 6) is 0. The zero-order chi connectivity index (χ0) is 13.2. The fraction of sp³-hybridized carbons (Fsp3) is 0.231. The largest absolute Gasteiger partial charge is 0.379 e. The van der Waals surface area contributed by atoms with E-state index in [4.69, 9.17) is 0 Å². The molecule has 0 aliphatic heterocycles.